The SMILES string of the molecule is CCCc1nc(CO[C@@H](C)C(=O)O)no1. The van der Waals surface area contributed by atoms with Crippen molar-refractivity contribution in [3.63, 3.8) is 0 Å². The monoisotopic (exact) mass is 214 g/mol. The molecule has 1 aromatic heterocycles. The van der Waals surface area contributed by atoms with Gasteiger partial charge in [0.25, 0.3) is 0 Å². The van der Waals surface area contributed by atoms with Gasteiger partial charge in [-0.3, -0.25) is 0 Å². The number of carboxylic acids is 1. The van der Waals surface area contributed by atoms with E-state index in [4.69, 9.17) is 14.4 Å². The normalized spacial score (nSPS) is 12.7. The molecule has 15 heavy (non-hydrogen) atoms. The molecular weight excluding hydrogens is 200 g/mol. The van der Waals surface area contributed by atoms with Crippen LogP contribution in [0, 0.1) is 0 Å². The smallest absolute Gasteiger partial charge is 0.332 e. The van der Waals surface area contributed by atoms with E-state index in [-0.39, 0.29) is 6.61 Å². The van der Waals surface area contributed by atoms with Crippen LogP contribution in [0.5, 0.6) is 0 Å². The maximum absolute atomic E-state index is 10.4. The van der Waals surface area contributed by atoms with Crippen molar-refractivity contribution in [2.24, 2.45) is 0 Å². The summed E-state index contributed by atoms with van der Waals surface area (Å²) >= 11 is 0. The zero-order chi connectivity index (χ0) is 11.3. The first-order valence-corrected chi connectivity index (χ1v) is 4.79. The van der Waals surface area contributed by atoms with Crippen molar-refractivity contribution in [1.82, 2.24) is 10.1 Å². The lowest BCUT2D eigenvalue weighted by Gasteiger charge is -2.04. The highest BCUT2D eigenvalue weighted by Gasteiger charge is 2.13. The van der Waals surface area contributed by atoms with Gasteiger partial charge in [0.15, 0.2) is 11.9 Å². The van der Waals surface area contributed by atoms with Gasteiger partial charge in [-0.05, 0) is 13.3 Å². The largest absolute Gasteiger partial charge is 0.479 e. The van der Waals surface area contributed by atoms with Gasteiger partial charge >= 0.3 is 5.97 Å². The first kappa shape index (κ1) is 11.6. The number of hydrogen-bond acceptors (Lipinski definition) is 5. The van der Waals surface area contributed by atoms with Crippen LogP contribution < -0.4 is 0 Å². The first-order chi connectivity index (χ1) is 7.13. The fourth-order valence-electron chi connectivity index (χ4n) is 0.935. The van der Waals surface area contributed by atoms with Crippen LogP contribution in [0.3, 0.4) is 0 Å². The molecule has 0 saturated heterocycles. The first-order valence-electron chi connectivity index (χ1n) is 4.79. The van der Waals surface area contributed by atoms with Crippen molar-refractivity contribution in [2.75, 3.05) is 0 Å². The van der Waals surface area contributed by atoms with Gasteiger partial charge < -0.3 is 14.4 Å². The van der Waals surface area contributed by atoms with Crippen molar-refractivity contribution in [1.29, 1.82) is 0 Å². The third kappa shape index (κ3) is 3.67. The number of aromatic nitrogens is 2. The summed E-state index contributed by atoms with van der Waals surface area (Å²) < 4.78 is 9.91. The average Bonchev–Trinajstić information content (AvgIpc) is 2.62. The summed E-state index contributed by atoms with van der Waals surface area (Å²) in [5.41, 5.74) is 0. The van der Waals surface area contributed by atoms with E-state index < -0.39 is 12.1 Å². The molecule has 1 aromatic rings. The lowest BCUT2D eigenvalue weighted by Crippen LogP contribution is -2.19. The van der Waals surface area contributed by atoms with E-state index in [1.807, 2.05) is 6.92 Å². The van der Waals surface area contributed by atoms with Crippen molar-refractivity contribution in [3.05, 3.63) is 11.7 Å². The zero-order valence-corrected chi connectivity index (χ0v) is 8.77. The minimum atomic E-state index is -1.01. The van der Waals surface area contributed by atoms with Crippen LogP contribution in [-0.4, -0.2) is 27.3 Å². The second-order valence-electron chi connectivity index (χ2n) is 3.15. The van der Waals surface area contributed by atoms with Crippen LogP contribution in [0.25, 0.3) is 0 Å². The van der Waals surface area contributed by atoms with Gasteiger partial charge in [0.2, 0.25) is 5.89 Å². The Morgan fingerprint density at radius 2 is 2.40 bits per heavy atom. The molecule has 0 aromatic carbocycles. The summed E-state index contributed by atoms with van der Waals surface area (Å²) in [4.78, 5) is 14.5. The van der Waals surface area contributed by atoms with Crippen LogP contribution in [0.1, 0.15) is 32.0 Å². The van der Waals surface area contributed by atoms with Gasteiger partial charge in [-0.25, -0.2) is 4.79 Å². The van der Waals surface area contributed by atoms with Gasteiger partial charge in [0.05, 0.1) is 0 Å². The van der Waals surface area contributed by atoms with Gasteiger partial charge in [0, 0.05) is 6.42 Å². The quantitative estimate of drug-likeness (QED) is 0.760. The highest BCUT2D eigenvalue weighted by Crippen LogP contribution is 2.03. The topological polar surface area (TPSA) is 85.5 Å². The third-order valence-electron chi connectivity index (χ3n) is 1.78. The Kier molecular flexibility index (Phi) is 4.23. The van der Waals surface area contributed by atoms with Crippen molar-refractivity contribution in [2.45, 2.75) is 39.4 Å². The molecule has 0 spiro atoms. The predicted molar refractivity (Wildman–Crippen MR) is 50.2 cm³/mol. The van der Waals surface area contributed by atoms with E-state index in [1.165, 1.54) is 6.92 Å². The minimum absolute atomic E-state index is 0.0562. The Morgan fingerprint density at radius 1 is 1.67 bits per heavy atom. The van der Waals surface area contributed by atoms with Gasteiger partial charge in [-0.15, -0.1) is 0 Å². The molecule has 1 rings (SSSR count). The van der Waals surface area contributed by atoms with Gasteiger partial charge in [-0.1, -0.05) is 12.1 Å². The highest BCUT2D eigenvalue weighted by molar-refractivity contribution is 5.71. The molecule has 0 aliphatic rings. The Bertz CT molecular complexity index is 324. The third-order valence-corrected chi connectivity index (χ3v) is 1.78. The zero-order valence-electron chi connectivity index (χ0n) is 8.77. The number of aliphatic carboxylic acids is 1. The molecule has 0 fully saturated rings. The molecule has 84 valence electrons. The van der Waals surface area contributed by atoms with E-state index in [9.17, 15) is 4.79 Å². The molecule has 0 unspecified atom stereocenters. The van der Waals surface area contributed by atoms with Crippen LogP contribution in [0.4, 0.5) is 0 Å². The molecule has 1 heterocycles. The minimum Gasteiger partial charge on any atom is -0.479 e. The number of rotatable bonds is 6. The van der Waals surface area contributed by atoms with Crippen LogP contribution in [0.2, 0.25) is 0 Å². The molecule has 6 heteroatoms. The molecule has 0 saturated carbocycles. The maximum atomic E-state index is 10.4. The van der Waals surface area contributed by atoms with Crippen molar-refractivity contribution >= 4 is 5.97 Å². The summed E-state index contributed by atoms with van der Waals surface area (Å²) in [6, 6.07) is 0. The van der Waals surface area contributed by atoms with Gasteiger partial charge in [-0.2, -0.15) is 4.98 Å². The van der Waals surface area contributed by atoms with Crippen molar-refractivity contribution < 1.29 is 19.2 Å². The number of hydrogen-bond donors (Lipinski definition) is 1. The number of ether oxygens (including phenoxy) is 1. The molecule has 0 aliphatic carbocycles. The van der Waals surface area contributed by atoms with Crippen LogP contribution in [0.15, 0.2) is 4.52 Å². The second-order valence-corrected chi connectivity index (χ2v) is 3.15. The lowest BCUT2D eigenvalue weighted by molar-refractivity contribution is -0.150. The molecule has 1 N–H and O–H groups in total. The number of nitrogens with zero attached hydrogens (tertiary/aromatic N) is 2. The highest BCUT2D eigenvalue weighted by atomic mass is 16.5. The predicted octanol–water partition coefficient (Wildman–Crippen LogP) is 1.01. The average molecular weight is 214 g/mol. The van der Waals surface area contributed by atoms with E-state index >= 15 is 0 Å². The standard InChI is InChI=1S/C9H14N2O4/c1-3-4-8-10-7(11-15-8)5-14-6(2)9(12)13/h6H,3-5H2,1-2H3,(H,12,13)/t6-/m0/s1. The number of carboxylic acid groups (broad SMARTS) is 1. The Labute approximate surface area is 87.2 Å². The molecule has 1 atom stereocenters. The summed E-state index contributed by atoms with van der Waals surface area (Å²) in [7, 11) is 0. The van der Waals surface area contributed by atoms with E-state index in [0.717, 1.165) is 12.8 Å². The van der Waals surface area contributed by atoms with E-state index in [2.05, 4.69) is 10.1 Å². The number of aryl methyl sites for hydroxylation is 1. The maximum Gasteiger partial charge on any atom is 0.332 e. The van der Waals surface area contributed by atoms with Gasteiger partial charge in [0.1, 0.15) is 6.61 Å². The lowest BCUT2D eigenvalue weighted by atomic mass is 10.3. The molecule has 0 amide bonds. The molecule has 6 nitrogen and oxygen atoms in total. The Hall–Kier alpha value is -1.43. The summed E-state index contributed by atoms with van der Waals surface area (Å²) in [6.07, 6.45) is 0.785. The second kappa shape index (κ2) is 5.45. The Morgan fingerprint density at radius 3 is 3.00 bits per heavy atom. The van der Waals surface area contributed by atoms with Crippen LogP contribution in [-0.2, 0) is 22.6 Å². The summed E-state index contributed by atoms with van der Waals surface area (Å²) in [5, 5.41) is 12.2. The van der Waals surface area contributed by atoms with Crippen LogP contribution >= 0.6 is 0 Å². The molecule has 0 bridgehead atoms. The molecule has 0 aliphatic heterocycles. The fraction of sp³-hybridized carbons (Fsp3) is 0.667. The summed E-state index contributed by atoms with van der Waals surface area (Å²) in [6.45, 7) is 3.52. The molecular formula is C9H14N2O4. The fourth-order valence-corrected chi connectivity index (χ4v) is 0.935. The number of carbonyl (C=O) groups is 1. The Balaban J connectivity index is 2.40. The van der Waals surface area contributed by atoms with Crippen molar-refractivity contribution in [3.8, 4) is 0 Å². The van der Waals surface area contributed by atoms with E-state index in [0.29, 0.717) is 11.7 Å². The molecule has 0 radical (unpaired) electrons. The summed E-state index contributed by atoms with van der Waals surface area (Å²) in [5.74, 6) is -0.0714. The van der Waals surface area contributed by atoms with E-state index in [1.54, 1.807) is 0 Å².